The number of aromatic nitrogens is 7. The summed E-state index contributed by atoms with van der Waals surface area (Å²) in [6, 6.07) is 28.8. The van der Waals surface area contributed by atoms with Crippen LogP contribution in [0.5, 0.6) is 5.75 Å². The summed E-state index contributed by atoms with van der Waals surface area (Å²) in [6.07, 6.45) is 19.9. The van der Waals surface area contributed by atoms with Crippen LogP contribution in [0.15, 0.2) is 122 Å². The number of nitrogens with zero attached hydrogens (tertiary/aromatic N) is 5. The quantitative estimate of drug-likeness (QED) is 0.136. The summed E-state index contributed by atoms with van der Waals surface area (Å²) in [5.74, 6) is 0.802. The van der Waals surface area contributed by atoms with Gasteiger partial charge in [-0.3, -0.25) is 15.0 Å². The summed E-state index contributed by atoms with van der Waals surface area (Å²) in [7, 11) is 0. The lowest BCUT2D eigenvalue weighted by atomic mass is 10.0. The summed E-state index contributed by atoms with van der Waals surface area (Å²) < 4.78 is 5.95. The number of benzene rings is 1. The molecule has 2 aliphatic rings. The van der Waals surface area contributed by atoms with E-state index in [0.717, 1.165) is 102 Å². The number of nitrogens with one attached hydrogen (secondary N) is 2. The predicted octanol–water partition coefficient (Wildman–Crippen LogP) is 9.24. The van der Waals surface area contributed by atoms with Gasteiger partial charge in [0.15, 0.2) is 0 Å². The van der Waals surface area contributed by atoms with Crippen LogP contribution in [0.3, 0.4) is 0 Å². The number of rotatable bonds is 8. The average Bonchev–Trinajstić information content (AvgIpc) is 4.05. The minimum atomic E-state index is 0.574. The molecular weight excluding hydrogens is 657 g/mol. The molecule has 0 unspecified atom stereocenters. The van der Waals surface area contributed by atoms with Crippen molar-refractivity contribution in [2.24, 2.45) is 5.73 Å². The molecule has 0 atom stereocenters. The molecule has 8 heterocycles. The van der Waals surface area contributed by atoms with Gasteiger partial charge in [-0.1, -0.05) is 12.1 Å². The Morgan fingerprint density at radius 2 is 0.811 bits per heavy atom. The second-order valence-electron chi connectivity index (χ2n) is 12.7. The van der Waals surface area contributed by atoms with Crippen molar-refractivity contribution in [1.29, 1.82) is 0 Å². The monoisotopic (exact) mass is 690 g/mol. The molecule has 2 aliphatic heterocycles. The van der Waals surface area contributed by atoms with Gasteiger partial charge in [0.05, 0.1) is 29.4 Å². The van der Waals surface area contributed by atoms with Crippen LogP contribution in [-0.4, -0.2) is 48.0 Å². The molecule has 0 radical (unpaired) electrons. The minimum absolute atomic E-state index is 0.574. The highest BCUT2D eigenvalue weighted by Crippen LogP contribution is 2.38. The Hall–Kier alpha value is -6.97. The molecule has 7 aromatic rings. The van der Waals surface area contributed by atoms with Crippen LogP contribution in [0.2, 0.25) is 0 Å². The fourth-order valence-corrected chi connectivity index (χ4v) is 6.97. The summed E-state index contributed by atoms with van der Waals surface area (Å²) in [6.45, 7) is 1.16. The molecule has 6 aromatic heterocycles. The molecule has 256 valence electrons. The van der Waals surface area contributed by atoms with Crippen LogP contribution in [0.4, 0.5) is 0 Å². The Kier molecular flexibility index (Phi) is 8.43. The normalized spacial score (nSPS) is 11.9. The van der Waals surface area contributed by atoms with Gasteiger partial charge in [-0.25, -0.2) is 9.97 Å². The Balaban J connectivity index is 1.40. The maximum atomic E-state index is 5.95. The first kappa shape index (κ1) is 32.0. The van der Waals surface area contributed by atoms with E-state index in [-0.39, 0.29) is 0 Å². The Morgan fingerprint density at radius 3 is 1.25 bits per heavy atom. The lowest BCUT2D eigenvalue weighted by Gasteiger charge is -2.08. The Labute approximate surface area is 305 Å². The SMILES string of the molecule is NCCCOc1ccc(-c2c3ccc([nH]3)c(-c3ccncc3)c3nc(c(-c4ccncc4)c4nc(c(-c5ccncc5)c5ccc2[nH]5)C=C4)C=C3)cc1. The molecule has 0 fully saturated rings. The van der Waals surface area contributed by atoms with E-state index in [0.29, 0.717) is 13.2 Å². The third-order valence-corrected chi connectivity index (χ3v) is 9.42. The molecule has 9 nitrogen and oxygen atoms in total. The van der Waals surface area contributed by atoms with E-state index in [9.17, 15) is 0 Å². The summed E-state index contributed by atoms with van der Waals surface area (Å²) in [4.78, 5) is 31.1. The van der Waals surface area contributed by atoms with Gasteiger partial charge in [0, 0.05) is 81.5 Å². The Morgan fingerprint density at radius 1 is 0.434 bits per heavy atom. The number of nitrogens with two attached hydrogens (primary N) is 1. The molecule has 8 bridgehead atoms. The summed E-state index contributed by atoms with van der Waals surface area (Å²) in [5.41, 5.74) is 20.6. The van der Waals surface area contributed by atoms with Crippen LogP contribution >= 0.6 is 0 Å². The lowest BCUT2D eigenvalue weighted by Crippen LogP contribution is -2.05. The van der Waals surface area contributed by atoms with Crippen molar-refractivity contribution in [2.45, 2.75) is 6.42 Å². The van der Waals surface area contributed by atoms with Crippen LogP contribution in [0.25, 0.3) is 90.9 Å². The minimum Gasteiger partial charge on any atom is -0.494 e. The van der Waals surface area contributed by atoms with E-state index >= 15 is 0 Å². The van der Waals surface area contributed by atoms with Crippen LogP contribution in [0.1, 0.15) is 29.2 Å². The topological polar surface area (TPSA) is 131 Å². The first-order valence-corrected chi connectivity index (χ1v) is 17.5. The van der Waals surface area contributed by atoms with Gasteiger partial charge in [0.25, 0.3) is 0 Å². The number of pyridine rings is 3. The first-order chi connectivity index (χ1) is 26.2. The van der Waals surface area contributed by atoms with E-state index in [1.165, 1.54) is 0 Å². The largest absolute Gasteiger partial charge is 0.494 e. The van der Waals surface area contributed by atoms with Crippen molar-refractivity contribution in [3.63, 3.8) is 0 Å². The molecule has 4 N–H and O–H groups in total. The molecule has 0 aliphatic carbocycles. The van der Waals surface area contributed by atoms with Crippen molar-refractivity contribution >= 4 is 46.4 Å². The molecule has 0 spiro atoms. The molecule has 1 aromatic carbocycles. The number of H-pyrrole nitrogens is 2. The molecular formula is C44H34N8O. The van der Waals surface area contributed by atoms with Crippen molar-refractivity contribution in [3.05, 3.63) is 145 Å². The molecule has 53 heavy (non-hydrogen) atoms. The van der Waals surface area contributed by atoms with Crippen molar-refractivity contribution in [2.75, 3.05) is 13.2 Å². The number of hydrogen-bond acceptors (Lipinski definition) is 7. The zero-order valence-electron chi connectivity index (χ0n) is 28.7. The van der Waals surface area contributed by atoms with Crippen molar-refractivity contribution < 1.29 is 4.74 Å². The third-order valence-electron chi connectivity index (χ3n) is 9.42. The fraction of sp³-hybridized carbons (Fsp3) is 0.0682. The van der Waals surface area contributed by atoms with Crippen molar-refractivity contribution in [3.8, 4) is 50.3 Å². The number of ether oxygens (including phenoxy) is 1. The summed E-state index contributed by atoms with van der Waals surface area (Å²) in [5, 5.41) is 0. The second-order valence-corrected chi connectivity index (χ2v) is 12.7. The van der Waals surface area contributed by atoms with Gasteiger partial charge in [-0.2, -0.15) is 0 Å². The first-order valence-electron chi connectivity index (χ1n) is 17.5. The predicted molar refractivity (Wildman–Crippen MR) is 213 cm³/mol. The third kappa shape index (κ3) is 6.19. The highest BCUT2D eigenvalue weighted by molar-refractivity contribution is 6.00. The Bertz CT molecular complexity index is 2520. The molecule has 0 saturated heterocycles. The maximum absolute atomic E-state index is 5.95. The highest BCUT2D eigenvalue weighted by Gasteiger charge is 2.19. The number of hydrogen-bond donors (Lipinski definition) is 3. The molecule has 0 amide bonds. The van der Waals surface area contributed by atoms with E-state index in [2.05, 4.69) is 85.6 Å². The van der Waals surface area contributed by atoms with Crippen LogP contribution < -0.4 is 10.5 Å². The van der Waals surface area contributed by atoms with E-state index in [1.807, 2.05) is 73.3 Å². The van der Waals surface area contributed by atoms with Gasteiger partial charge < -0.3 is 20.4 Å². The zero-order valence-corrected chi connectivity index (χ0v) is 28.7. The smallest absolute Gasteiger partial charge is 0.119 e. The lowest BCUT2D eigenvalue weighted by molar-refractivity contribution is 0.313. The van der Waals surface area contributed by atoms with Crippen molar-refractivity contribution in [1.82, 2.24) is 34.9 Å². The molecule has 0 saturated carbocycles. The van der Waals surface area contributed by atoms with E-state index < -0.39 is 0 Å². The van der Waals surface area contributed by atoms with Gasteiger partial charge >= 0.3 is 0 Å². The standard InChI is InChI=1S/C44H34N8O/c45-20-1-27-53-32-4-2-28(3-5-32)41-33-6-8-35(49-33)42(29-14-21-46-22-15-29)37-10-12-39(51-37)44(31-18-25-48-26-19-31)40-13-11-38(52-40)43(30-16-23-47-24-17-30)36-9-7-34(41)50-36/h2-19,21-26,49-50H,1,20,27,45H2. The van der Waals surface area contributed by atoms with Crippen LogP contribution in [-0.2, 0) is 0 Å². The average molecular weight is 691 g/mol. The fourth-order valence-electron chi connectivity index (χ4n) is 6.97. The maximum Gasteiger partial charge on any atom is 0.119 e. The van der Waals surface area contributed by atoms with Crippen LogP contribution in [0, 0.1) is 0 Å². The van der Waals surface area contributed by atoms with Gasteiger partial charge in [0.2, 0.25) is 0 Å². The number of fused-ring (bicyclic) bond motifs is 8. The number of aromatic amines is 2. The van der Waals surface area contributed by atoms with Gasteiger partial charge in [-0.15, -0.1) is 0 Å². The highest BCUT2D eigenvalue weighted by atomic mass is 16.5. The van der Waals surface area contributed by atoms with Gasteiger partial charge in [-0.05, 0) is 132 Å². The molecule has 9 heteroatoms. The van der Waals surface area contributed by atoms with E-state index in [4.69, 9.17) is 20.4 Å². The van der Waals surface area contributed by atoms with Gasteiger partial charge in [0.1, 0.15) is 5.75 Å². The molecule has 9 rings (SSSR count). The van der Waals surface area contributed by atoms with E-state index in [1.54, 1.807) is 12.4 Å². The second kappa shape index (κ2) is 14.0. The summed E-state index contributed by atoms with van der Waals surface area (Å²) >= 11 is 0. The zero-order chi connectivity index (χ0) is 35.6.